The van der Waals surface area contributed by atoms with Gasteiger partial charge in [0.05, 0.1) is 19.2 Å². The maximum absolute atomic E-state index is 13.6. The van der Waals surface area contributed by atoms with Crippen LogP contribution in [0.25, 0.3) is 0 Å². The summed E-state index contributed by atoms with van der Waals surface area (Å²) in [5.41, 5.74) is 0.720. The Morgan fingerprint density at radius 1 is 1.63 bits per heavy atom. The number of thioether (sulfide) groups is 1. The standard InChI is InChI=1S/C13H17FN2O2S/c1-8(16-13(17)11-6-19-7-15-11)9-3-4-12(18-2)10(14)5-9/h3-5,8,11,15H,6-7H2,1-2H3,(H,16,17). The Labute approximate surface area is 116 Å². The fraction of sp³-hybridized carbons (Fsp3) is 0.462. The topological polar surface area (TPSA) is 50.4 Å². The van der Waals surface area contributed by atoms with E-state index in [1.54, 1.807) is 23.9 Å². The first-order chi connectivity index (χ1) is 9.11. The Morgan fingerprint density at radius 3 is 3.00 bits per heavy atom. The molecule has 1 amide bonds. The molecule has 0 saturated carbocycles. The van der Waals surface area contributed by atoms with Crippen LogP contribution in [0.3, 0.4) is 0 Å². The van der Waals surface area contributed by atoms with Gasteiger partial charge < -0.3 is 10.1 Å². The normalized spacial score (nSPS) is 20.1. The SMILES string of the molecule is COc1ccc(C(C)NC(=O)C2CSCN2)cc1F. The van der Waals surface area contributed by atoms with Gasteiger partial charge in [0.25, 0.3) is 0 Å². The van der Waals surface area contributed by atoms with E-state index in [1.165, 1.54) is 13.2 Å². The lowest BCUT2D eigenvalue weighted by Gasteiger charge is -2.17. The van der Waals surface area contributed by atoms with Gasteiger partial charge in [0, 0.05) is 11.6 Å². The summed E-state index contributed by atoms with van der Waals surface area (Å²) in [6.45, 7) is 1.83. The fourth-order valence-corrected chi connectivity index (χ4v) is 2.85. The van der Waals surface area contributed by atoms with Crippen LogP contribution in [0.15, 0.2) is 18.2 Å². The highest BCUT2D eigenvalue weighted by Crippen LogP contribution is 2.22. The van der Waals surface area contributed by atoms with E-state index < -0.39 is 5.82 Å². The summed E-state index contributed by atoms with van der Waals surface area (Å²) in [7, 11) is 1.42. The van der Waals surface area contributed by atoms with Crippen molar-refractivity contribution in [3.05, 3.63) is 29.6 Å². The van der Waals surface area contributed by atoms with Crippen molar-refractivity contribution in [2.45, 2.75) is 19.0 Å². The third-order valence-electron chi connectivity index (χ3n) is 3.07. The molecule has 2 N–H and O–H groups in total. The third kappa shape index (κ3) is 3.39. The van der Waals surface area contributed by atoms with Crippen molar-refractivity contribution in [3.63, 3.8) is 0 Å². The van der Waals surface area contributed by atoms with Crippen LogP contribution in [0, 0.1) is 5.82 Å². The summed E-state index contributed by atoms with van der Waals surface area (Å²) in [5.74, 6) is 1.31. The van der Waals surface area contributed by atoms with Gasteiger partial charge in [-0.05, 0) is 24.6 Å². The van der Waals surface area contributed by atoms with Crippen LogP contribution in [0.4, 0.5) is 4.39 Å². The second kappa shape index (κ2) is 6.25. The molecule has 4 nitrogen and oxygen atoms in total. The van der Waals surface area contributed by atoms with Crippen LogP contribution >= 0.6 is 11.8 Å². The first-order valence-electron chi connectivity index (χ1n) is 6.06. The molecule has 1 heterocycles. The second-order valence-corrected chi connectivity index (χ2v) is 5.43. The van der Waals surface area contributed by atoms with Crippen LogP contribution in [0.2, 0.25) is 0 Å². The van der Waals surface area contributed by atoms with Gasteiger partial charge in [-0.3, -0.25) is 10.1 Å². The predicted molar refractivity (Wildman–Crippen MR) is 73.8 cm³/mol. The highest BCUT2D eigenvalue weighted by molar-refractivity contribution is 7.99. The molecule has 6 heteroatoms. The van der Waals surface area contributed by atoms with Gasteiger partial charge in [-0.1, -0.05) is 6.07 Å². The molecule has 2 atom stereocenters. The minimum atomic E-state index is -0.421. The molecule has 2 rings (SSSR count). The van der Waals surface area contributed by atoms with Gasteiger partial charge in [-0.2, -0.15) is 0 Å². The van der Waals surface area contributed by atoms with Gasteiger partial charge in [0.2, 0.25) is 5.91 Å². The van der Waals surface area contributed by atoms with E-state index >= 15 is 0 Å². The van der Waals surface area contributed by atoms with Gasteiger partial charge in [0.1, 0.15) is 0 Å². The highest BCUT2D eigenvalue weighted by atomic mass is 32.2. The van der Waals surface area contributed by atoms with E-state index in [-0.39, 0.29) is 23.7 Å². The first kappa shape index (κ1) is 14.1. The molecule has 1 aromatic carbocycles. The van der Waals surface area contributed by atoms with Crippen molar-refractivity contribution in [2.75, 3.05) is 18.7 Å². The summed E-state index contributed by atoms with van der Waals surface area (Å²) in [4.78, 5) is 11.9. The van der Waals surface area contributed by atoms with E-state index in [9.17, 15) is 9.18 Å². The van der Waals surface area contributed by atoms with Gasteiger partial charge in [-0.25, -0.2) is 4.39 Å². The van der Waals surface area contributed by atoms with E-state index in [0.29, 0.717) is 0 Å². The van der Waals surface area contributed by atoms with Gasteiger partial charge in [0.15, 0.2) is 11.6 Å². The van der Waals surface area contributed by atoms with Crippen LogP contribution in [0.1, 0.15) is 18.5 Å². The molecule has 0 bridgehead atoms. The summed E-state index contributed by atoms with van der Waals surface area (Å²) in [6.07, 6.45) is 0. The highest BCUT2D eigenvalue weighted by Gasteiger charge is 2.24. The van der Waals surface area contributed by atoms with Crippen molar-refractivity contribution in [1.29, 1.82) is 0 Å². The largest absolute Gasteiger partial charge is 0.494 e. The molecule has 104 valence electrons. The van der Waals surface area contributed by atoms with Crippen molar-refractivity contribution >= 4 is 17.7 Å². The lowest BCUT2D eigenvalue weighted by molar-refractivity contribution is -0.123. The van der Waals surface area contributed by atoms with Crippen molar-refractivity contribution in [3.8, 4) is 5.75 Å². The smallest absolute Gasteiger partial charge is 0.238 e. The molecule has 0 aromatic heterocycles. The van der Waals surface area contributed by atoms with E-state index in [1.807, 2.05) is 6.92 Å². The maximum atomic E-state index is 13.6. The Balaban J connectivity index is 2.00. The molecule has 1 saturated heterocycles. The molecule has 19 heavy (non-hydrogen) atoms. The molecule has 0 spiro atoms. The fourth-order valence-electron chi connectivity index (χ4n) is 1.91. The number of rotatable bonds is 4. The Morgan fingerprint density at radius 2 is 2.42 bits per heavy atom. The van der Waals surface area contributed by atoms with Crippen LogP contribution in [-0.4, -0.2) is 30.7 Å². The Kier molecular flexibility index (Phi) is 4.66. The van der Waals surface area contributed by atoms with Crippen molar-refractivity contribution in [1.82, 2.24) is 10.6 Å². The number of carbonyl (C=O) groups is 1. The van der Waals surface area contributed by atoms with Crippen LogP contribution < -0.4 is 15.4 Å². The Bertz CT molecular complexity index is 464. The monoisotopic (exact) mass is 284 g/mol. The van der Waals surface area contributed by atoms with E-state index in [4.69, 9.17) is 4.74 Å². The predicted octanol–water partition coefficient (Wildman–Crippen LogP) is 1.67. The maximum Gasteiger partial charge on any atom is 0.238 e. The quantitative estimate of drug-likeness (QED) is 0.883. The average molecular weight is 284 g/mol. The molecule has 0 radical (unpaired) electrons. The number of methoxy groups -OCH3 is 1. The van der Waals surface area contributed by atoms with Crippen LogP contribution in [0.5, 0.6) is 5.75 Å². The van der Waals surface area contributed by atoms with E-state index in [2.05, 4.69) is 10.6 Å². The van der Waals surface area contributed by atoms with E-state index in [0.717, 1.165) is 17.2 Å². The first-order valence-corrected chi connectivity index (χ1v) is 7.22. The lowest BCUT2D eigenvalue weighted by atomic mass is 10.1. The number of nitrogens with one attached hydrogen (secondary N) is 2. The van der Waals surface area contributed by atoms with Crippen LogP contribution in [-0.2, 0) is 4.79 Å². The number of hydrogen-bond donors (Lipinski definition) is 2. The van der Waals surface area contributed by atoms with Crippen molar-refractivity contribution < 1.29 is 13.9 Å². The average Bonchev–Trinajstić information content (AvgIpc) is 2.92. The third-order valence-corrected chi connectivity index (χ3v) is 4.01. The molecule has 1 aromatic rings. The molecule has 2 unspecified atom stereocenters. The number of carbonyl (C=O) groups excluding carboxylic acids is 1. The molecule has 1 aliphatic rings. The minimum Gasteiger partial charge on any atom is -0.494 e. The molecule has 1 aliphatic heterocycles. The zero-order valence-corrected chi connectivity index (χ0v) is 11.7. The number of amides is 1. The molecular formula is C13H17FN2O2S. The molecular weight excluding hydrogens is 267 g/mol. The summed E-state index contributed by atoms with van der Waals surface area (Å²) in [6, 6.07) is 4.32. The molecule has 0 aliphatic carbocycles. The number of halogens is 1. The summed E-state index contributed by atoms with van der Waals surface area (Å²) >= 11 is 1.69. The zero-order chi connectivity index (χ0) is 13.8. The number of benzene rings is 1. The minimum absolute atomic E-state index is 0.0475. The van der Waals surface area contributed by atoms with Crippen molar-refractivity contribution in [2.24, 2.45) is 0 Å². The van der Waals surface area contributed by atoms with Gasteiger partial charge in [-0.15, -0.1) is 11.8 Å². The Hall–Kier alpha value is -1.27. The summed E-state index contributed by atoms with van der Waals surface area (Å²) < 4.78 is 18.5. The summed E-state index contributed by atoms with van der Waals surface area (Å²) in [5, 5.41) is 5.98. The number of ether oxygens (including phenoxy) is 1. The molecule has 1 fully saturated rings. The van der Waals surface area contributed by atoms with Gasteiger partial charge >= 0.3 is 0 Å². The zero-order valence-electron chi connectivity index (χ0n) is 10.9. The second-order valence-electron chi connectivity index (χ2n) is 4.40. The lowest BCUT2D eigenvalue weighted by Crippen LogP contribution is -2.42. The number of hydrogen-bond acceptors (Lipinski definition) is 4.